The molecule has 22 heavy (non-hydrogen) atoms. The molecule has 0 bridgehead atoms. The number of halogens is 2. The van der Waals surface area contributed by atoms with Crippen LogP contribution in [0.3, 0.4) is 0 Å². The number of hydrogen-bond donors (Lipinski definition) is 2. The summed E-state index contributed by atoms with van der Waals surface area (Å²) in [6.07, 6.45) is 1.05. The van der Waals surface area contributed by atoms with Gasteiger partial charge in [0.15, 0.2) is 0 Å². The molecule has 5 nitrogen and oxygen atoms in total. The highest BCUT2D eigenvalue weighted by Gasteiger charge is 2.16. The van der Waals surface area contributed by atoms with Crippen LogP contribution in [0.2, 0.25) is 5.15 Å². The van der Waals surface area contributed by atoms with Gasteiger partial charge in [-0.15, -0.1) is 0 Å². The lowest BCUT2D eigenvalue weighted by Crippen LogP contribution is -2.16. The molecular formula is C15H8ClFN2O3. The summed E-state index contributed by atoms with van der Waals surface area (Å²) in [6, 6.07) is 7.24. The fourth-order valence-corrected chi connectivity index (χ4v) is 2.39. The lowest BCUT2D eigenvalue weighted by molar-refractivity contribution is 0.0695. The summed E-state index contributed by atoms with van der Waals surface area (Å²) in [6.45, 7) is 0. The Morgan fingerprint density at radius 3 is 2.68 bits per heavy atom. The smallest absolute Gasteiger partial charge is 0.341 e. The van der Waals surface area contributed by atoms with Crippen LogP contribution < -0.4 is 5.43 Å². The minimum Gasteiger partial charge on any atom is -0.477 e. The van der Waals surface area contributed by atoms with Crippen molar-refractivity contribution in [2.24, 2.45) is 0 Å². The SMILES string of the molecule is O=C(O)c1c[nH]c2nc(Cl)c(-c3ccccc3F)cc2c1=O. The normalized spacial score (nSPS) is 10.8. The van der Waals surface area contributed by atoms with E-state index in [9.17, 15) is 14.0 Å². The van der Waals surface area contributed by atoms with E-state index in [0.717, 1.165) is 6.20 Å². The summed E-state index contributed by atoms with van der Waals surface area (Å²) in [4.78, 5) is 29.8. The molecule has 2 aromatic heterocycles. The number of aromatic amines is 1. The van der Waals surface area contributed by atoms with E-state index in [-0.39, 0.29) is 27.3 Å². The maximum Gasteiger partial charge on any atom is 0.341 e. The van der Waals surface area contributed by atoms with E-state index in [4.69, 9.17) is 16.7 Å². The number of carbonyl (C=O) groups is 1. The number of nitrogens with zero attached hydrogens (tertiary/aromatic N) is 1. The Hall–Kier alpha value is -2.73. The minimum atomic E-state index is -1.36. The quantitative estimate of drug-likeness (QED) is 0.711. The third-order valence-electron chi connectivity index (χ3n) is 3.21. The zero-order chi connectivity index (χ0) is 15.9. The van der Waals surface area contributed by atoms with Gasteiger partial charge < -0.3 is 10.1 Å². The minimum absolute atomic E-state index is 0.0105. The first-order valence-corrected chi connectivity index (χ1v) is 6.57. The van der Waals surface area contributed by atoms with Crippen LogP contribution in [0.15, 0.2) is 41.3 Å². The number of fused-ring (bicyclic) bond motifs is 1. The van der Waals surface area contributed by atoms with Gasteiger partial charge in [0.05, 0.1) is 5.39 Å². The van der Waals surface area contributed by atoms with E-state index >= 15 is 0 Å². The number of pyridine rings is 2. The van der Waals surface area contributed by atoms with Gasteiger partial charge in [-0.05, 0) is 12.1 Å². The van der Waals surface area contributed by atoms with Gasteiger partial charge in [0.2, 0.25) is 5.43 Å². The molecule has 110 valence electrons. The molecule has 2 N–H and O–H groups in total. The molecular weight excluding hydrogens is 311 g/mol. The summed E-state index contributed by atoms with van der Waals surface area (Å²) in [5, 5.41) is 9.02. The monoisotopic (exact) mass is 318 g/mol. The molecule has 0 saturated carbocycles. The van der Waals surface area contributed by atoms with Gasteiger partial charge >= 0.3 is 5.97 Å². The number of aromatic carboxylic acids is 1. The van der Waals surface area contributed by atoms with E-state index < -0.39 is 22.8 Å². The first-order valence-electron chi connectivity index (χ1n) is 6.19. The molecule has 3 aromatic rings. The first kappa shape index (κ1) is 14.2. The molecule has 0 unspecified atom stereocenters. The van der Waals surface area contributed by atoms with Gasteiger partial charge in [0.25, 0.3) is 0 Å². The molecule has 0 fully saturated rings. The number of nitrogens with one attached hydrogen (secondary N) is 1. The van der Waals surface area contributed by atoms with Crippen molar-refractivity contribution in [1.29, 1.82) is 0 Å². The average Bonchev–Trinajstić information content (AvgIpc) is 2.47. The Morgan fingerprint density at radius 1 is 1.27 bits per heavy atom. The molecule has 0 saturated heterocycles. The molecule has 3 rings (SSSR count). The Balaban J connectivity index is 2.36. The molecule has 0 spiro atoms. The fraction of sp³-hybridized carbons (Fsp3) is 0. The molecule has 0 amide bonds. The third kappa shape index (κ3) is 2.23. The van der Waals surface area contributed by atoms with E-state index in [2.05, 4.69) is 9.97 Å². The van der Waals surface area contributed by atoms with Crippen molar-refractivity contribution >= 4 is 28.6 Å². The van der Waals surface area contributed by atoms with E-state index in [1.54, 1.807) is 6.07 Å². The van der Waals surface area contributed by atoms with Crippen LogP contribution in [0.25, 0.3) is 22.2 Å². The predicted molar refractivity (Wildman–Crippen MR) is 79.7 cm³/mol. The number of hydrogen-bond acceptors (Lipinski definition) is 3. The lowest BCUT2D eigenvalue weighted by Gasteiger charge is -2.07. The average molecular weight is 319 g/mol. The number of benzene rings is 1. The van der Waals surface area contributed by atoms with Crippen molar-refractivity contribution in [3.8, 4) is 11.1 Å². The van der Waals surface area contributed by atoms with E-state index in [1.807, 2.05) is 0 Å². The summed E-state index contributed by atoms with van der Waals surface area (Å²) in [7, 11) is 0. The van der Waals surface area contributed by atoms with Crippen molar-refractivity contribution in [2.75, 3.05) is 0 Å². The van der Waals surface area contributed by atoms with Crippen LogP contribution in [0.4, 0.5) is 4.39 Å². The molecule has 0 aliphatic heterocycles. The zero-order valence-electron chi connectivity index (χ0n) is 10.9. The predicted octanol–water partition coefficient (Wildman–Crippen LogP) is 3.08. The molecule has 0 aliphatic carbocycles. The van der Waals surface area contributed by atoms with Crippen LogP contribution in [0.5, 0.6) is 0 Å². The second-order valence-corrected chi connectivity index (χ2v) is 4.90. The molecule has 1 aromatic carbocycles. The lowest BCUT2D eigenvalue weighted by atomic mass is 10.0. The number of carboxylic acid groups (broad SMARTS) is 1. The summed E-state index contributed by atoms with van der Waals surface area (Å²) >= 11 is 6.05. The number of aromatic nitrogens is 2. The highest BCUT2D eigenvalue weighted by molar-refractivity contribution is 6.32. The number of carboxylic acids is 1. The van der Waals surface area contributed by atoms with Gasteiger partial charge in [0.1, 0.15) is 22.2 Å². The van der Waals surface area contributed by atoms with Crippen molar-refractivity contribution in [3.05, 3.63) is 63.3 Å². The molecule has 7 heteroatoms. The zero-order valence-corrected chi connectivity index (χ0v) is 11.7. The van der Waals surface area contributed by atoms with Gasteiger partial charge in [0, 0.05) is 17.3 Å². The van der Waals surface area contributed by atoms with Crippen molar-refractivity contribution in [2.45, 2.75) is 0 Å². The second kappa shape index (κ2) is 5.23. The first-order chi connectivity index (χ1) is 10.5. The van der Waals surface area contributed by atoms with Gasteiger partial charge in [-0.1, -0.05) is 29.8 Å². The highest BCUT2D eigenvalue weighted by Crippen LogP contribution is 2.30. The molecule has 2 heterocycles. The van der Waals surface area contributed by atoms with Gasteiger partial charge in [-0.2, -0.15) is 0 Å². The second-order valence-electron chi connectivity index (χ2n) is 4.54. The van der Waals surface area contributed by atoms with Gasteiger partial charge in [-0.3, -0.25) is 4.79 Å². The third-order valence-corrected chi connectivity index (χ3v) is 3.50. The Morgan fingerprint density at radius 2 is 2.00 bits per heavy atom. The topological polar surface area (TPSA) is 83.0 Å². The van der Waals surface area contributed by atoms with Crippen molar-refractivity contribution in [3.63, 3.8) is 0 Å². The molecule has 0 aliphatic rings. The molecule has 0 radical (unpaired) electrons. The number of H-pyrrole nitrogens is 1. The molecule has 0 atom stereocenters. The number of rotatable bonds is 2. The van der Waals surface area contributed by atoms with Crippen molar-refractivity contribution < 1.29 is 14.3 Å². The van der Waals surface area contributed by atoms with Crippen LogP contribution >= 0.6 is 11.6 Å². The largest absolute Gasteiger partial charge is 0.477 e. The van der Waals surface area contributed by atoms with Crippen molar-refractivity contribution in [1.82, 2.24) is 9.97 Å². The van der Waals surface area contributed by atoms with Crippen LogP contribution in [0.1, 0.15) is 10.4 Å². The van der Waals surface area contributed by atoms with Gasteiger partial charge in [-0.25, -0.2) is 14.2 Å². The maximum atomic E-state index is 13.9. The highest BCUT2D eigenvalue weighted by atomic mass is 35.5. The summed E-state index contributed by atoms with van der Waals surface area (Å²) in [5.74, 6) is -1.87. The van der Waals surface area contributed by atoms with E-state index in [0.29, 0.717) is 0 Å². The Kier molecular flexibility index (Phi) is 3.38. The van der Waals surface area contributed by atoms with Crippen LogP contribution in [-0.4, -0.2) is 21.0 Å². The Labute approximate surface area is 128 Å². The van der Waals surface area contributed by atoms with Crippen LogP contribution in [0, 0.1) is 5.82 Å². The Bertz CT molecular complexity index is 969. The van der Waals surface area contributed by atoms with Crippen LogP contribution in [-0.2, 0) is 0 Å². The fourth-order valence-electron chi connectivity index (χ4n) is 2.15. The summed E-state index contributed by atoms with van der Waals surface area (Å²) in [5.41, 5.74) is -0.582. The van der Waals surface area contributed by atoms with E-state index in [1.165, 1.54) is 24.3 Å². The maximum absolute atomic E-state index is 13.9. The summed E-state index contributed by atoms with van der Waals surface area (Å²) < 4.78 is 13.9. The standard InChI is InChI=1S/C15H8ClFN2O3/c16-13-8(7-3-1-2-4-11(7)17)5-9-12(20)10(15(21)22)6-18-14(9)19-13/h1-6H,(H,21,22)(H,18,19,20).